The highest BCUT2D eigenvalue weighted by Gasteiger charge is 2.14. The molecule has 2 heterocycles. The van der Waals surface area contributed by atoms with E-state index >= 15 is 0 Å². The van der Waals surface area contributed by atoms with Crippen LogP contribution in [0, 0.1) is 0 Å². The predicted octanol–water partition coefficient (Wildman–Crippen LogP) is 4.31. The first kappa shape index (κ1) is 22.1. The van der Waals surface area contributed by atoms with Crippen LogP contribution in [-0.4, -0.2) is 34.2 Å². The smallest absolute Gasteiger partial charge is 0.337 e. The molecule has 0 radical (unpaired) electrons. The highest BCUT2D eigenvalue weighted by atomic mass is 16.5. The van der Waals surface area contributed by atoms with Gasteiger partial charge in [-0.25, -0.2) is 9.78 Å². The minimum absolute atomic E-state index is 0.0406. The lowest BCUT2D eigenvalue weighted by atomic mass is 10.1. The molecule has 7 heteroatoms. The van der Waals surface area contributed by atoms with Crippen LogP contribution >= 0.6 is 0 Å². The Hall–Kier alpha value is -3.61. The van der Waals surface area contributed by atoms with Gasteiger partial charge in [0.05, 0.1) is 25.0 Å². The van der Waals surface area contributed by atoms with Crippen LogP contribution in [0.2, 0.25) is 0 Å². The molecule has 0 atom stereocenters. The van der Waals surface area contributed by atoms with Crippen molar-refractivity contribution in [2.75, 3.05) is 13.7 Å². The summed E-state index contributed by atoms with van der Waals surface area (Å²) in [7, 11) is 1.59. The second kappa shape index (κ2) is 9.93. The minimum Gasteiger partial charge on any atom is -0.493 e. The van der Waals surface area contributed by atoms with Gasteiger partial charge in [-0.05, 0) is 50.1 Å². The molecule has 31 heavy (non-hydrogen) atoms. The number of hydrogen-bond acceptors (Lipinski definition) is 5. The summed E-state index contributed by atoms with van der Waals surface area (Å²) in [6.07, 6.45) is 7.28. The number of fused-ring (bicyclic) bond motifs is 1. The Bertz CT molecular complexity index is 1180. The predicted molar refractivity (Wildman–Crippen MR) is 120 cm³/mol. The second-order valence-electron chi connectivity index (χ2n) is 6.98. The van der Waals surface area contributed by atoms with Crippen molar-refractivity contribution in [3.8, 4) is 11.5 Å². The van der Waals surface area contributed by atoms with Gasteiger partial charge in [-0.3, -0.25) is 9.20 Å². The number of unbranched alkanes of at least 4 members (excludes halogenated alkanes) is 1. The molecule has 2 aromatic heterocycles. The van der Waals surface area contributed by atoms with Gasteiger partial charge in [0.2, 0.25) is 0 Å². The number of pyridine rings is 1. The molecule has 0 aliphatic carbocycles. The number of rotatable bonds is 9. The quantitative estimate of drug-likeness (QED) is 0.553. The van der Waals surface area contributed by atoms with Crippen molar-refractivity contribution in [1.82, 2.24) is 9.38 Å². The molecule has 0 aliphatic heterocycles. The van der Waals surface area contributed by atoms with Crippen LogP contribution in [-0.2, 0) is 6.42 Å². The molecule has 0 spiro atoms. The van der Waals surface area contributed by atoms with Gasteiger partial charge in [0, 0.05) is 17.3 Å². The van der Waals surface area contributed by atoms with Gasteiger partial charge < -0.3 is 14.6 Å². The SMILES string of the molecule is CCCCc1c(C=Cc2cccc(OC)c2OCC)nc2ccc(C(=O)O)cn2c1=O. The van der Waals surface area contributed by atoms with E-state index in [4.69, 9.17) is 9.47 Å². The van der Waals surface area contributed by atoms with Crippen molar-refractivity contribution in [1.29, 1.82) is 0 Å². The van der Waals surface area contributed by atoms with Gasteiger partial charge in [0.1, 0.15) is 5.65 Å². The molecule has 0 aliphatic rings. The Morgan fingerprint density at radius 1 is 1.19 bits per heavy atom. The number of methoxy groups -OCH3 is 1. The maximum Gasteiger partial charge on any atom is 0.337 e. The van der Waals surface area contributed by atoms with E-state index in [1.54, 1.807) is 19.3 Å². The summed E-state index contributed by atoms with van der Waals surface area (Å²) in [4.78, 5) is 29.1. The Morgan fingerprint density at radius 2 is 2.00 bits per heavy atom. The molecular formula is C24H26N2O5. The van der Waals surface area contributed by atoms with E-state index in [9.17, 15) is 14.7 Å². The van der Waals surface area contributed by atoms with Crippen molar-refractivity contribution in [2.45, 2.75) is 33.1 Å². The topological polar surface area (TPSA) is 90.1 Å². The molecule has 3 rings (SSSR count). The Balaban J connectivity index is 2.14. The summed E-state index contributed by atoms with van der Waals surface area (Å²) < 4.78 is 12.5. The number of benzene rings is 1. The number of carboxylic acid groups (broad SMARTS) is 1. The van der Waals surface area contributed by atoms with Crippen LogP contribution < -0.4 is 15.0 Å². The number of carbonyl (C=O) groups is 1. The van der Waals surface area contributed by atoms with Gasteiger partial charge in [-0.15, -0.1) is 0 Å². The number of carboxylic acids is 1. The molecule has 0 saturated carbocycles. The summed E-state index contributed by atoms with van der Waals surface area (Å²) in [5.74, 6) is 0.166. The van der Waals surface area contributed by atoms with Gasteiger partial charge >= 0.3 is 5.97 Å². The third-order valence-corrected chi connectivity index (χ3v) is 4.91. The number of aromatic carboxylic acids is 1. The van der Waals surface area contributed by atoms with E-state index in [2.05, 4.69) is 11.9 Å². The first-order valence-corrected chi connectivity index (χ1v) is 10.3. The average Bonchev–Trinajstić information content (AvgIpc) is 2.77. The maximum atomic E-state index is 13.2. The normalized spacial score (nSPS) is 11.2. The number of hydrogen-bond donors (Lipinski definition) is 1. The monoisotopic (exact) mass is 422 g/mol. The standard InChI is InChI=1S/C24H26N2O5/c1-4-6-9-18-19(13-11-16-8-7-10-20(30-3)22(16)31-5-2)25-21-14-12-17(24(28)29)15-26(21)23(18)27/h7-8,10-15H,4-6,9H2,1-3H3,(H,28,29). The molecule has 0 fully saturated rings. The fraction of sp³-hybridized carbons (Fsp3) is 0.292. The van der Waals surface area contributed by atoms with Crippen LogP contribution in [0.3, 0.4) is 0 Å². The van der Waals surface area contributed by atoms with Crippen LogP contribution in [0.5, 0.6) is 11.5 Å². The van der Waals surface area contributed by atoms with Crippen molar-refractivity contribution >= 4 is 23.8 Å². The van der Waals surface area contributed by atoms with E-state index in [0.29, 0.717) is 41.4 Å². The van der Waals surface area contributed by atoms with Gasteiger partial charge in [0.15, 0.2) is 11.5 Å². The highest BCUT2D eigenvalue weighted by molar-refractivity contribution is 5.87. The summed E-state index contributed by atoms with van der Waals surface area (Å²) in [6, 6.07) is 8.59. The Labute approximate surface area is 180 Å². The number of ether oxygens (including phenoxy) is 2. The van der Waals surface area contributed by atoms with Gasteiger partial charge in [-0.2, -0.15) is 0 Å². The van der Waals surface area contributed by atoms with E-state index in [1.165, 1.54) is 16.7 Å². The zero-order valence-corrected chi connectivity index (χ0v) is 17.9. The lowest BCUT2D eigenvalue weighted by Crippen LogP contribution is -2.22. The molecule has 3 aromatic rings. The third-order valence-electron chi connectivity index (χ3n) is 4.91. The Kier molecular flexibility index (Phi) is 7.07. The van der Waals surface area contributed by atoms with E-state index in [-0.39, 0.29) is 11.1 Å². The average molecular weight is 422 g/mol. The molecule has 0 bridgehead atoms. The van der Waals surface area contributed by atoms with E-state index < -0.39 is 5.97 Å². The first-order chi connectivity index (χ1) is 15.0. The highest BCUT2D eigenvalue weighted by Crippen LogP contribution is 2.32. The third kappa shape index (κ3) is 4.77. The van der Waals surface area contributed by atoms with Gasteiger partial charge in [0.25, 0.3) is 5.56 Å². The molecule has 0 amide bonds. The van der Waals surface area contributed by atoms with Crippen LogP contribution in [0.4, 0.5) is 0 Å². The van der Waals surface area contributed by atoms with Crippen LogP contribution in [0.25, 0.3) is 17.8 Å². The molecule has 1 N–H and O–H groups in total. The number of aromatic nitrogens is 2. The summed E-state index contributed by atoms with van der Waals surface area (Å²) >= 11 is 0. The van der Waals surface area contributed by atoms with Crippen LogP contribution in [0.15, 0.2) is 41.3 Å². The van der Waals surface area contributed by atoms with Crippen molar-refractivity contribution in [3.05, 3.63) is 69.3 Å². The Morgan fingerprint density at radius 3 is 2.68 bits per heavy atom. The molecule has 1 aromatic carbocycles. The van der Waals surface area contributed by atoms with Gasteiger partial charge in [-0.1, -0.05) is 25.5 Å². The zero-order chi connectivity index (χ0) is 22.4. The fourth-order valence-corrected chi connectivity index (χ4v) is 3.34. The van der Waals surface area contributed by atoms with Crippen molar-refractivity contribution in [3.63, 3.8) is 0 Å². The summed E-state index contributed by atoms with van der Waals surface area (Å²) in [5, 5.41) is 9.25. The van der Waals surface area contributed by atoms with Crippen molar-refractivity contribution in [2.24, 2.45) is 0 Å². The van der Waals surface area contributed by atoms with E-state index in [0.717, 1.165) is 18.4 Å². The molecule has 7 nitrogen and oxygen atoms in total. The van der Waals surface area contributed by atoms with E-state index in [1.807, 2.05) is 31.2 Å². The number of para-hydroxylation sites is 1. The second-order valence-corrected chi connectivity index (χ2v) is 6.98. The summed E-state index contributed by atoms with van der Waals surface area (Å²) in [5.41, 5.74) is 2.11. The fourth-order valence-electron chi connectivity index (χ4n) is 3.34. The minimum atomic E-state index is -1.09. The maximum absolute atomic E-state index is 13.2. The first-order valence-electron chi connectivity index (χ1n) is 10.3. The lowest BCUT2D eigenvalue weighted by Gasteiger charge is -2.12. The number of nitrogens with zero attached hydrogens (tertiary/aromatic N) is 2. The molecule has 0 unspecified atom stereocenters. The summed E-state index contributed by atoms with van der Waals surface area (Å²) in [6.45, 7) is 4.44. The molecule has 0 saturated heterocycles. The molecule has 162 valence electrons. The van der Waals surface area contributed by atoms with Crippen molar-refractivity contribution < 1.29 is 19.4 Å². The largest absolute Gasteiger partial charge is 0.493 e. The van der Waals surface area contributed by atoms with Crippen LogP contribution in [0.1, 0.15) is 53.9 Å². The lowest BCUT2D eigenvalue weighted by molar-refractivity contribution is 0.0696. The zero-order valence-electron chi connectivity index (χ0n) is 17.9. The molecular weight excluding hydrogens is 396 g/mol.